The molecule has 0 heterocycles. The molecule has 19 heavy (non-hydrogen) atoms. The first-order valence-corrected chi connectivity index (χ1v) is 6.35. The Morgan fingerprint density at radius 1 is 1.26 bits per heavy atom. The number of hydrogen-bond acceptors (Lipinski definition) is 5. The van der Waals surface area contributed by atoms with Crippen LogP contribution in [0.5, 0.6) is 0 Å². The molecular formula is C14H25NO4. The topological polar surface area (TPSA) is 78.6 Å². The molecule has 0 spiro atoms. The third-order valence-electron chi connectivity index (χ3n) is 2.24. The van der Waals surface area contributed by atoms with Crippen molar-refractivity contribution in [2.24, 2.45) is 17.6 Å². The summed E-state index contributed by atoms with van der Waals surface area (Å²) < 4.78 is 9.84. The van der Waals surface area contributed by atoms with Gasteiger partial charge in [0.25, 0.3) is 0 Å². The van der Waals surface area contributed by atoms with E-state index in [-0.39, 0.29) is 17.6 Å². The largest absolute Gasteiger partial charge is 0.464 e. The highest BCUT2D eigenvalue weighted by Gasteiger charge is 2.25. The molecule has 0 aromatic rings. The summed E-state index contributed by atoms with van der Waals surface area (Å²) in [5, 5.41) is 0. The Bertz CT molecular complexity index is 353. The summed E-state index contributed by atoms with van der Waals surface area (Å²) in [5.41, 5.74) is 4.95. The lowest BCUT2D eigenvalue weighted by Crippen LogP contribution is -2.29. The van der Waals surface area contributed by atoms with Crippen LogP contribution in [0, 0.1) is 11.8 Å². The molecular weight excluding hydrogens is 246 g/mol. The van der Waals surface area contributed by atoms with Gasteiger partial charge in [-0.2, -0.15) is 0 Å². The maximum Gasteiger partial charge on any atom is 0.353 e. The van der Waals surface area contributed by atoms with Gasteiger partial charge in [-0.1, -0.05) is 13.8 Å². The standard InChI is InChI=1S/C14H25NO4/c1-9(2)7-10(8-11(15)13(17)18-6)12(16)19-14(3,4)5/h8-10H,7,15H2,1-6H3. The van der Waals surface area contributed by atoms with Crippen LogP contribution in [0.25, 0.3) is 0 Å². The maximum absolute atomic E-state index is 12.1. The molecule has 0 radical (unpaired) electrons. The number of nitrogens with two attached hydrogens (primary N) is 1. The molecule has 0 aliphatic rings. The van der Waals surface area contributed by atoms with E-state index in [1.807, 2.05) is 13.8 Å². The van der Waals surface area contributed by atoms with Crippen LogP contribution in [0.15, 0.2) is 11.8 Å². The second kappa shape index (κ2) is 7.16. The first-order valence-electron chi connectivity index (χ1n) is 6.35. The minimum Gasteiger partial charge on any atom is -0.464 e. The van der Waals surface area contributed by atoms with Gasteiger partial charge in [0.2, 0.25) is 0 Å². The van der Waals surface area contributed by atoms with Crippen LogP contribution in [-0.2, 0) is 19.1 Å². The Hall–Kier alpha value is -1.52. The maximum atomic E-state index is 12.1. The molecule has 0 saturated heterocycles. The van der Waals surface area contributed by atoms with Crippen molar-refractivity contribution in [2.75, 3.05) is 7.11 Å². The van der Waals surface area contributed by atoms with Gasteiger partial charge in [0, 0.05) is 0 Å². The quantitative estimate of drug-likeness (QED) is 0.611. The van der Waals surface area contributed by atoms with E-state index in [9.17, 15) is 9.59 Å². The van der Waals surface area contributed by atoms with Gasteiger partial charge in [-0.3, -0.25) is 4.79 Å². The Morgan fingerprint density at radius 2 is 1.79 bits per heavy atom. The van der Waals surface area contributed by atoms with Crippen molar-refractivity contribution < 1.29 is 19.1 Å². The smallest absolute Gasteiger partial charge is 0.353 e. The fraction of sp³-hybridized carbons (Fsp3) is 0.714. The summed E-state index contributed by atoms with van der Waals surface area (Å²) in [6, 6.07) is 0. The van der Waals surface area contributed by atoms with Gasteiger partial charge in [-0.15, -0.1) is 0 Å². The van der Waals surface area contributed by atoms with E-state index in [1.165, 1.54) is 13.2 Å². The predicted octanol–water partition coefficient (Wildman–Crippen LogP) is 2.01. The lowest BCUT2D eigenvalue weighted by atomic mass is 9.96. The van der Waals surface area contributed by atoms with Gasteiger partial charge >= 0.3 is 11.9 Å². The van der Waals surface area contributed by atoms with E-state index in [0.29, 0.717) is 6.42 Å². The van der Waals surface area contributed by atoms with Gasteiger partial charge in [-0.25, -0.2) is 4.79 Å². The van der Waals surface area contributed by atoms with Gasteiger partial charge in [0.15, 0.2) is 0 Å². The number of hydrogen-bond donors (Lipinski definition) is 1. The van der Waals surface area contributed by atoms with Gasteiger partial charge in [-0.05, 0) is 39.2 Å². The second-order valence-electron chi connectivity index (χ2n) is 5.88. The fourth-order valence-corrected chi connectivity index (χ4v) is 1.52. The van der Waals surface area contributed by atoms with E-state index < -0.39 is 17.5 Å². The molecule has 0 fully saturated rings. The molecule has 2 N–H and O–H groups in total. The molecule has 0 bridgehead atoms. The van der Waals surface area contributed by atoms with Crippen LogP contribution in [0.4, 0.5) is 0 Å². The fourth-order valence-electron chi connectivity index (χ4n) is 1.52. The number of carbonyl (C=O) groups is 2. The average molecular weight is 271 g/mol. The molecule has 110 valence electrons. The highest BCUT2D eigenvalue weighted by Crippen LogP contribution is 2.19. The number of carbonyl (C=O) groups excluding carboxylic acids is 2. The summed E-state index contributed by atoms with van der Waals surface area (Å²) >= 11 is 0. The Morgan fingerprint density at radius 3 is 2.16 bits per heavy atom. The highest BCUT2D eigenvalue weighted by atomic mass is 16.6. The molecule has 0 aromatic carbocycles. The molecule has 5 heteroatoms. The SMILES string of the molecule is COC(=O)C(N)=CC(CC(C)C)C(=O)OC(C)(C)C. The van der Waals surface area contributed by atoms with Crippen LogP contribution in [0.2, 0.25) is 0 Å². The monoisotopic (exact) mass is 271 g/mol. The number of methoxy groups -OCH3 is 1. The Kier molecular flexibility index (Phi) is 6.59. The van der Waals surface area contributed by atoms with Gasteiger partial charge in [0.1, 0.15) is 11.3 Å². The minimum absolute atomic E-state index is 0.0704. The third-order valence-corrected chi connectivity index (χ3v) is 2.24. The molecule has 1 unspecified atom stereocenters. The molecule has 0 aromatic heterocycles. The highest BCUT2D eigenvalue weighted by molar-refractivity contribution is 5.88. The van der Waals surface area contributed by atoms with Crippen molar-refractivity contribution in [3.8, 4) is 0 Å². The van der Waals surface area contributed by atoms with Crippen molar-refractivity contribution >= 4 is 11.9 Å². The summed E-state index contributed by atoms with van der Waals surface area (Å²) in [5.74, 6) is -1.29. The molecule has 0 rings (SSSR count). The molecule has 0 saturated carbocycles. The molecule has 0 amide bonds. The van der Waals surface area contributed by atoms with Crippen LogP contribution >= 0.6 is 0 Å². The summed E-state index contributed by atoms with van der Waals surface area (Å²) in [6.45, 7) is 9.36. The zero-order chi connectivity index (χ0) is 15.2. The zero-order valence-electron chi connectivity index (χ0n) is 12.6. The molecule has 1 atom stereocenters. The van der Waals surface area contributed by atoms with E-state index in [1.54, 1.807) is 20.8 Å². The average Bonchev–Trinajstić information content (AvgIpc) is 2.23. The number of ether oxygens (including phenoxy) is 2. The second-order valence-corrected chi connectivity index (χ2v) is 5.88. The third kappa shape index (κ3) is 7.49. The number of esters is 2. The van der Waals surface area contributed by atoms with Crippen molar-refractivity contribution in [1.82, 2.24) is 0 Å². The molecule has 0 aliphatic heterocycles. The van der Waals surface area contributed by atoms with Crippen LogP contribution in [0.3, 0.4) is 0 Å². The lowest BCUT2D eigenvalue weighted by molar-refractivity contribution is -0.158. The van der Waals surface area contributed by atoms with Gasteiger partial charge < -0.3 is 15.2 Å². The lowest BCUT2D eigenvalue weighted by Gasteiger charge is -2.23. The van der Waals surface area contributed by atoms with Crippen molar-refractivity contribution in [3.05, 3.63) is 11.8 Å². The number of rotatable bonds is 5. The summed E-state index contributed by atoms with van der Waals surface area (Å²) in [4.78, 5) is 23.3. The Labute approximate surface area is 115 Å². The Balaban J connectivity index is 5.01. The van der Waals surface area contributed by atoms with Crippen LogP contribution < -0.4 is 5.73 Å². The summed E-state index contributed by atoms with van der Waals surface area (Å²) in [6.07, 6.45) is 1.98. The normalized spacial score (nSPS) is 14.2. The molecule has 5 nitrogen and oxygen atoms in total. The minimum atomic E-state index is -0.641. The van der Waals surface area contributed by atoms with Gasteiger partial charge in [0.05, 0.1) is 13.0 Å². The van der Waals surface area contributed by atoms with E-state index >= 15 is 0 Å². The van der Waals surface area contributed by atoms with Crippen molar-refractivity contribution in [2.45, 2.75) is 46.6 Å². The van der Waals surface area contributed by atoms with Crippen molar-refractivity contribution in [3.63, 3.8) is 0 Å². The first kappa shape index (κ1) is 17.5. The van der Waals surface area contributed by atoms with Crippen molar-refractivity contribution in [1.29, 1.82) is 0 Å². The van der Waals surface area contributed by atoms with Crippen LogP contribution in [0.1, 0.15) is 41.0 Å². The zero-order valence-corrected chi connectivity index (χ0v) is 12.6. The first-order chi connectivity index (χ1) is 8.56. The molecule has 0 aliphatic carbocycles. The predicted molar refractivity (Wildman–Crippen MR) is 73.1 cm³/mol. The van der Waals surface area contributed by atoms with E-state index in [4.69, 9.17) is 10.5 Å². The van der Waals surface area contributed by atoms with E-state index in [2.05, 4.69) is 4.74 Å². The van der Waals surface area contributed by atoms with Crippen LogP contribution in [-0.4, -0.2) is 24.6 Å². The summed E-state index contributed by atoms with van der Waals surface area (Å²) in [7, 11) is 1.24. The van der Waals surface area contributed by atoms with E-state index in [0.717, 1.165) is 0 Å².